The maximum Gasteiger partial charge on any atom is 0.309 e. The van der Waals surface area contributed by atoms with Crippen molar-refractivity contribution < 1.29 is 24.0 Å². The molecule has 7 nitrogen and oxygen atoms in total. The predicted molar refractivity (Wildman–Crippen MR) is 182 cm³/mol. The lowest BCUT2D eigenvalue weighted by molar-refractivity contribution is -0.208. The van der Waals surface area contributed by atoms with E-state index in [1.807, 2.05) is 13.8 Å². The van der Waals surface area contributed by atoms with Crippen LogP contribution in [0.4, 0.5) is 0 Å². The Morgan fingerprint density at radius 2 is 1.57 bits per heavy atom. The summed E-state index contributed by atoms with van der Waals surface area (Å²) in [5, 5.41) is 13.8. The Hall–Kier alpha value is -0.830. The number of carbonyl (C=O) groups excluding carboxylic acids is 1. The van der Waals surface area contributed by atoms with Crippen LogP contribution in [0.5, 0.6) is 0 Å². The standard InChI is InChI=1S/C38H62N2O5S/c1-35(2)29(33(41)42)23-30(35)34(43)45-32-13-15-37(5)27-10-8-26-24(25(27)9-11-31(37)36(32,3)4)12-16-38(14-6-7-28(26)38)39-17-18-40-19-21-46(44)22-20-40/h24-32,39H,6-23H2,1-5H3,(H,41,42)/t24?,25?,26?,27?,28-,29?,30?,31?,32?,37?,38?/m1/s1. The van der Waals surface area contributed by atoms with Crippen molar-refractivity contribution in [3.05, 3.63) is 0 Å². The molecule has 0 aromatic heterocycles. The number of rotatable bonds is 7. The average Bonchev–Trinajstić information content (AvgIpc) is 3.43. The molecule has 260 valence electrons. The number of carboxylic acids is 1. The van der Waals surface area contributed by atoms with E-state index in [0.717, 1.165) is 80.1 Å². The molecule has 0 aromatic rings. The van der Waals surface area contributed by atoms with Crippen molar-refractivity contribution in [3.8, 4) is 0 Å². The van der Waals surface area contributed by atoms with Gasteiger partial charge in [-0.05, 0) is 117 Å². The number of hydrogen-bond donors (Lipinski definition) is 2. The second-order valence-electron chi connectivity index (χ2n) is 18.4. The first kappa shape index (κ1) is 33.7. The zero-order valence-corrected chi connectivity index (χ0v) is 30.2. The van der Waals surface area contributed by atoms with E-state index in [-0.39, 0.29) is 23.4 Å². The van der Waals surface area contributed by atoms with E-state index in [2.05, 4.69) is 31.0 Å². The number of esters is 1. The molecule has 0 aromatic carbocycles. The SMILES string of the molecule is CC1(C)C(C(=O)O)CC1C(=O)OC1CCC2(C)C3CCC4C(CCC5(NCCN6CC[S+]([O-])CC6)CCC[C@H]45)C3CCC2C1(C)C. The Morgan fingerprint density at radius 1 is 0.848 bits per heavy atom. The van der Waals surface area contributed by atoms with Crippen LogP contribution in [-0.2, 0) is 25.5 Å². The van der Waals surface area contributed by atoms with Crippen molar-refractivity contribution >= 4 is 23.1 Å². The third-order valence-electron chi connectivity index (χ3n) is 16.1. The molecule has 11 atom stereocenters. The van der Waals surface area contributed by atoms with Gasteiger partial charge in [-0.2, -0.15) is 0 Å². The van der Waals surface area contributed by atoms with Crippen molar-refractivity contribution in [3.63, 3.8) is 0 Å². The average molecular weight is 659 g/mol. The van der Waals surface area contributed by atoms with E-state index >= 15 is 0 Å². The van der Waals surface area contributed by atoms with Crippen molar-refractivity contribution in [2.45, 2.75) is 123 Å². The first-order valence-electron chi connectivity index (χ1n) is 19.0. The van der Waals surface area contributed by atoms with Gasteiger partial charge in [0, 0.05) is 37.1 Å². The van der Waals surface area contributed by atoms with Crippen molar-refractivity contribution in [2.24, 2.45) is 63.6 Å². The molecule has 1 heterocycles. The monoisotopic (exact) mass is 658 g/mol. The smallest absolute Gasteiger partial charge is 0.309 e. The largest absolute Gasteiger partial charge is 0.616 e. The highest BCUT2D eigenvalue weighted by atomic mass is 32.2. The number of carbonyl (C=O) groups is 2. The lowest BCUT2D eigenvalue weighted by atomic mass is 9.40. The molecule has 6 aliphatic carbocycles. The molecule has 7 rings (SSSR count). The van der Waals surface area contributed by atoms with Gasteiger partial charge < -0.3 is 19.7 Å². The topological polar surface area (TPSA) is 102 Å². The highest BCUT2D eigenvalue weighted by Gasteiger charge is 2.64. The summed E-state index contributed by atoms with van der Waals surface area (Å²) in [6.07, 6.45) is 14.6. The summed E-state index contributed by atoms with van der Waals surface area (Å²) < 4.78 is 18.2. The molecular weight excluding hydrogens is 596 g/mol. The summed E-state index contributed by atoms with van der Waals surface area (Å²) in [6, 6.07) is 0. The van der Waals surface area contributed by atoms with Gasteiger partial charge in [0.2, 0.25) is 0 Å². The molecule has 0 bridgehead atoms. The highest BCUT2D eigenvalue weighted by Crippen LogP contribution is 2.68. The molecule has 8 heteroatoms. The summed E-state index contributed by atoms with van der Waals surface area (Å²) in [5.41, 5.74) is 0.0164. The summed E-state index contributed by atoms with van der Waals surface area (Å²) in [4.78, 5) is 27.6. The molecular formula is C38H62N2O5S. The number of aliphatic carboxylic acids is 1. The van der Waals surface area contributed by atoms with Crippen LogP contribution in [0.1, 0.15) is 112 Å². The van der Waals surface area contributed by atoms with Crippen molar-refractivity contribution in [1.29, 1.82) is 0 Å². The van der Waals surface area contributed by atoms with Gasteiger partial charge in [-0.3, -0.25) is 14.5 Å². The molecule has 6 saturated carbocycles. The molecule has 1 saturated heterocycles. The van der Waals surface area contributed by atoms with Crippen LogP contribution >= 0.6 is 0 Å². The first-order chi connectivity index (χ1) is 21.8. The Morgan fingerprint density at radius 3 is 2.28 bits per heavy atom. The summed E-state index contributed by atoms with van der Waals surface area (Å²) in [7, 11) is 0. The number of nitrogens with one attached hydrogen (secondary N) is 1. The number of fused-ring (bicyclic) bond motifs is 7. The van der Waals surface area contributed by atoms with E-state index < -0.39 is 28.5 Å². The van der Waals surface area contributed by atoms with Crippen LogP contribution in [0.25, 0.3) is 0 Å². The molecule has 1 aliphatic heterocycles. The Labute approximate surface area is 281 Å². The third-order valence-corrected chi connectivity index (χ3v) is 17.4. The van der Waals surface area contributed by atoms with Crippen LogP contribution in [0, 0.1) is 63.6 Å². The number of nitrogens with zero attached hydrogens (tertiary/aromatic N) is 1. The zero-order chi connectivity index (χ0) is 32.6. The van der Waals surface area contributed by atoms with Crippen LogP contribution in [0.2, 0.25) is 0 Å². The van der Waals surface area contributed by atoms with E-state index in [0.29, 0.717) is 23.3 Å². The van der Waals surface area contributed by atoms with Gasteiger partial charge in [-0.1, -0.05) is 52.2 Å². The molecule has 7 aliphatic rings. The fourth-order valence-electron chi connectivity index (χ4n) is 13.5. The van der Waals surface area contributed by atoms with E-state index in [4.69, 9.17) is 4.74 Å². The minimum absolute atomic E-state index is 0.0783. The van der Waals surface area contributed by atoms with Gasteiger partial charge in [0.1, 0.15) is 17.6 Å². The van der Waals surface area contributed by atoms with Crippen molar-refractivity contribution in [1.82, 2.24) is 10.2 Å². The maximum absolute atomic E-state index is 13.4. The maximum atomic E-state index is 13.4. The van der Waals surface area contributed by atoms with Gasteiger partial charge in [0.05, 0.1) is 11.8 Å². The van der Waals surface area contributed by atoms with Gasteiger partial charge >= 0.3 is 11.9 Å². The van der Waals surface area contributed by atoms with Gasteiger partial charge in [0.25, 0.3) is 0 Å². The molecule has 7 fully saturated rings. The first-order valence-corrected chi connectivity index (χ1v) is 20.5. The lowest BCUT2D eigenvalue weighted by Gasteiger charge is -2.65. The van der Waals surface area contributed by atoms with Crippen LogP contribution in [-0.4, -0.2) is 75.8 Å². The van der Waals surface area contributed by atoms with Gasteiger partial charge in [-0.15, -0.1) is 0 Å². The normalized spacial score (nSPS) is 46.6. The summed E-state index contributed by atoms with van der Waals surface area (Å²) in [6.45, 7) is 15.3. The van der Waals surface area contributed by atoms with E-state index in [1.165, 1.54) is 57.8 Å². The molecule has 0 radical (unpaired) electrons. The number of hydrogen-bond acceptors (Lipinski definition) is 6. The summed E-state index contributed by atoms with van der Waals surface area (Å²) >= 11 is -0.603. The predicted octanol–water partition coefficient (Wildman–Crippen LogP) is 6.13. The van der Waals surface area contributed by atoms with Gasteiger partial charge in [0.15, 0.2) is 0 Å². The fourth-order valence-corrected chi connectivity index (χ4v) is 14.6. The lowest BCUT2D eigenvalue weighted by Crippen LogP contribution is -2.62. The zero-order valence-electron chi connectivity index (χ0n) is 29.4. The number of carboxylic acid groups (broad SMARTS) is 1. The Bertz CT molecular complexity index is 1170. The molecule has 2 N–H and O–H groups in total. The number of ether oxygens (including phenoxy) is 1. The minimum atomic E-state index is -0.796. The Kier molecular flexibility index (Phi) is 8.92. The minimum Gasteiger partial charge on any atom is -0.616 e. The summed E-state index contributed by atoms with van der Waals surface area (Å²) in [5.74, 6) is 4.68. The third kappa shape index (κ3) is 5.41. The fraction of sp³-hybridized carbons (Fsp3) is 0.947. The Balaban J connectivity index is 0.989. The molecule has 0 amide bonds. The quantitative estimate of drug-likeness (QED) is 0.251. The molecule has 0 spiro atoms. The van der Waals surface area contributed by atoms with Crippen molar-refractivity contribution in [2.75, 3.05) is 37.7 Å². The second-order valence-corrected chi connectivity index (χ2v) is 20.1. The van der Waals surface area contributed by atoms with E-state index in [1.54, 1.807) is 0 Å². The van der Waals surface area contributed by atoms with Crippen LogP contribution in [0.15, 0.2) is 0 Å². The highest BCUT2D eigenvalue weighted by molar-refractivity contribution is 7.91. The second kappa shape index (κ2) is 12.2. The molecule has 10 unspecified atom stereocenters. The molecule has 46 heavy (non-hydrogen) atoms. The van der Waals surface area contributed by atoms with Gasteiger partial charge in [-0.25, -0.2) is 0 Å². The van der Waals surface area contributed by atoms with E-state index in [9.17, 15) is 19.2 Å². The van der Waals surface area contributed by atoms with Crippen LogP contribution in [0.3, 0.4) is 0 Å². The van der Waals surface area contributed by atoms with Crippen LogP contribution < -0.4 is 5.32 Å².